The molecule has 1 unspecified atom stereocenters. The van der Waals surface area contributed by atoms with Gasteiger partial charge in [0, 0.05) is 24.0 Å². The van der Waals surface area contributed by atoms with Gasteiger partial charge < -0.3 is 10.2 Å². The van der Waals surface area contributed by atoms with Gasteiger partial charge in [-0.05, 0) is 39.2 Å². The lowest BCUT2D eigenvalue weighted by Gasteiger charge is -2.28. The van der Waals surface area contributed by atoms with Crippen LogP contribution in [0.2, 0.25) is 0 Å². The molecule has 122 valence electrons. The number of nitrogens with zero attached hydrogens (tertiary/aromatic N) is 2. The second-order valence-electron chi connectivity index (χ2n) is 6.33. The van der Waals surface area contributed by atoms with Crippen LogP contribution in [0.25, 0.3) is 0 Å². The third kappa shape index (κ3) is 5.95. The van der Waals surface area contributed by atoms with Gasteiger partial charge in [-0.2, -0.15) is 0 Å². The summed E-state index contributed by atoms with van der Waals surface area (Å²) < 4.78 is 0. The van der Waals surface area contributed by atoms with E-state index in [0.29, 0.717) is 12.0 Å². The lowest BCUT2D eigenvalue weighted by Crippen LogP contribution is -2.33. The Morgan fingerprint density at radius 3 is 2.52 bits per heavy atom. The molecule has 0 saturated carbocycles. The lowest BCUT2D eigenvalue weighted by molar-refractivity contribution is 0.554. The monoisotopic (exact) mass is 311 g/mol. The van der Waals surface area contributed by atoms with E-state index in [1.165, 1.54) is 35.0 Å². The first kappa shape index (κ1) is 18.4. The second kappa shape index (κ2) is 9.42. The van der Waals surface area contributed by atoms with Crippen molar-refractivity contribution in [2.24, 2.45) is 5.92 Å². The summed E-state index contributed by atoms with van der Waals surface area (Å²) in [5.41, 5.74) is 1.19. The Kier molecular flexibility index (Phi) is 8.27. The topological polar surface area (TPSA) is 28.2 Å². The Hall–Kier alpha value is -0.610. The van der Waals surface area contributed by atoms with Gasteiger partial charge in [-0.25, -0.2) is 4.98 Å². The number of hydrogen-bond donors (Lipinski definition) is 1. The largest absolute Gasteiger partial charge is 0.345 e. The Morgan fingerprint density at radius 1 is 1.24 bits per heavy atom. The average Bonchev–Trinajstić information content (AvgIpc) is 2.79. The molecule has 1 N–H and O–H groups in total. The molecule has 0 aromatic carbocycles. The number of aryl methyl sites for hydroxylation is 1. The average molecular weight is 312 g/mol. The van der Waals surface area contributed by atoms with Crippen molar-refractivity contribution in [1.29, 1.82) is 0 Å². The van der Waals surface area contributed by atoms with Crippen molar-refractivity contribution in [1.82, 2.24) is 10.3 Å². The summed E-state index contributed by atoms with van der Waals surface area (Å²) in [7, 11) is 0. The Balaban J connectivity index is 2.75. The van der Waals surface area contributed by atoms with Crippen molar-refractivity contribution < 1.29 is 0 Å². The van der Waals surface area contributed by atoms with Gasteiger partial charge in [0.05, 0.1) is 5.69 Å². The summed E-state index contributed by atoms with van der Waals surface area (Å²) >= 11 is 1.87. The molecule has 1 atom stereocenters. The van der Waals surface area contributed by atoms with Gasteiger partial charge in [-0.3, -0.25) is 0 Å². The molecule has 0 aliphatic heterocycles. The number of thiazole rings is 1. The second-order valence-corrected chi connectivity index (χ2v) is 7.40. The molecule has 0 amide bonds. The van der Waals surface area contributed by atoms with Gasteiger partial charge in [0.2, 0.25) is 0 Å². The highest BCUT2D eigenvalue weighted by Gasteiger charge is 2.18. The Labute approximate surface area is 135 Å². The van der Waals surface area contributed by atoms with Crippen molar-refractivity contribution in [3.8, 4) is 0 Å². The van der Waals surface area contributed by atoms with E-state index in [9.17, 15) is 0 Å². The van der Waals surface area contributed by atoms with Crippen molar-refractivity contribution in [2.75, 3.05) is 18.0 Å². The van der Waals surface area contributed by atoms with Gasteiger partial charge in [-0.15, -0.1) is 11.3 Å². The van der Waals surface area contributed by atoms with E-state index in [4.69, 9.17) is 4.98 Å². The van der Waals surface area contributed by atoms with Crippen LogP contribution in [-0.2, 0) is 6.54 Å². The molecular formula is C17H33N3S. The molecule has 1 aromatic rings. The maximum absolute atomic E-state index is 4.84. The maximum Gasteiger partial charge on any atom is 0.186 e. The van der Waals surface area contributed by atoms with Crippen LogP contribution in [0.15, 0.2) is 0 Å². The molecule has 0 saturated heterocycles. The highest BCUT2D eigenvalue weighted by atomic mass is 32.1. The van der Waals surface area contributed by atoms with Crippen LogP contribution >= 0.6 is 11.3 Å². The molecule has 0 aliphatic rings. The zero-order valence-corrected chi connectivity index (χ0v) is 15.5. The predicted molar refractivity (Wildman–Crippen MR) is 95.4 cm³/mol. The standard InChI is InChI=1S/C17H33N3S/c1-7-9-10-20(14(5)8-2)17-19-15(6)16(21-17)12-18-11-13(3)4/h13-14,18H,7-12H2,1-6H3. The molecule has 4 heteroatoms. The first-order valence-electron chi connectivity index (χ1n) is 8.43. The first-order valence-corrected chi connectivity index (χ1v) is 9.24. The lowest BCUT2D eigenvalue weighted by atomic mass is 10.2. The van der Waals surface area contributed by atoms with E-state index in [1.807, 2.05) is 11.3 Å². The summed E-state index contributed by atoms with van der Waals surface area (Å²) in [6, 6.07) is 0.568. The fraction of sp³-hybridized carbons (Fsp3) is 0.824. The van der Waals surface area contributed by atoms with E-state index in [2.05, 4.69) is 51.8 Å². The van der Waals surface area contributed by atoms with Crippen LogP contribution in [0.3, 0.4) is 0 Å². The van der Waals surface area contributed by atoms with Crippen LogP contribution in [0.4, 0.5) is 5.13 Å². The van der Waals surface area contributed by atoms with Gasteiger partial charge in [-0.1, -0.05) is 34.1 Å². The fourth-order valence-corrected chi connectivity index (χ4v) is 3.39. The van der Waals surface area contributed by atoms with E-state index in [0.717, 1.165) is 19.6 Å². The smallest absolute Gasteiger partial charge is 0.186 e. The molecule has 21 heavy (non-hydrogen) atoms. The summed E-state index contributed by atoms with van der Waals surface area (Å²) in [5, 5.41) is 4.74. The minimum absolute atomic E-state index is 0.568. The number of hydrogen-bond acceptors (Lipinski definition) is 4. The maximum atomic E-state index is 4.84. The predicted octanol–water partition coefficient (Wildman–Crippen LogP) is 4.60. The molecule has 0 bridgehead atoms. The zero-order valence-electron chi connectivity index (χ0n) is 14.7. The van der Waals surface area contributed by atoms with Crippen LogP contribution in [0.1, 0.15) is 64.5 Å². The number of aromatic nitrogens is 1. The molecule has 1 aromatic heterocycles. The highest BCUT2D eigenvalue weighted by Crippen LogP contribution is 2.28. The SMILES string of the molecule is CCCCN(c1nc(C)c(CNCC(C)C)s1)C(C)CC. The van der Waals surface area contributed by atoms with Crippen molar-refractivity contribution in [3.05, 3.63) is 10.6 Å². The number of nitrogens with one attached hydrogen (secondary N) is 1. The number of anilines is 1. The van der Waals surface area contributed by atoms with E-state index in [-0.39, 0.29) is 0 Å². The van der Waals surface area contributed by atoms with Crippen molar-refractivity contribution >= 4 is 16.5 Å². The summed E-state index contributed by atoms with van der Waals surface area (Å²) in [5.74, 6) is 0.693. The van der Waals surface area contributed by atoms with Crippen LogP contribution in [0.5, 0.6) is 0 Å². The normalized spacial score (nSPS) is 12.9. The zero-order chi connectivity index (χ0) is 15.8. The summed E-state index contributed by atoms with van der Waals surface area (Å²) in [6.45, 7) is 16.6. The van der Waals surface area contributed by atoms with Gasteiger partial charge >= 0.3 is 0 Å². The summed E-state index contributed by atoms with van der Waals surface area (Å²) in [4.78, 5) is 8.71. The first-order chi connectivity index (χ1) is 9.99. The third-order valence-corrected chi connectivity index (χ3v) is 5.04. The molecule has 0 radical (unpaired) electrons. The van der Waals surface area contributed by atoms with Crippen LogP contribution in [-0.4, -0.2) is 24.1 Å². The van der Waals surface area contributed by atoms with Crippen molar-refractivity contribution in [3.63, 3.8) is 0 Å². The van der Waals surface area contributed by atoms with E-state index < -0.39 is 0 Å². The van der Waals surface area contributed by atoms with Crippen LogP contribution < -0.4 is 10.2 Å². The van der Waals surface area contributed by atoms with Gasteiger partial charge in [0.1, 0.15) is 0 Å². The summed E-state index contributed by atoms with van der Waals surface area (Å²) in [6.07, 6.45) is 3.65. The highest BCUT2D eigenvalue weighted by molar-refractivity contribution is 7.15. The molecule has 3 nitrogen and oxygen atoms in total. The molecule has 1 rings (SSSR count). The van der Waals surface area contributed by atoms with E-state index >= 15 is 0 Å². The molecule has 0 spiro atoms. The Bertz CT molecular complexity index is 401. The molecular weight excluding hydrogens is 278 g/mol. The minimum atomic E-state index is 0.568. The quantitative estimate of drug-likeness (QED) is 0.684. The molecule has 0 aliphatic carbocycles. The van der Waals surface area contributed by atoms with Crippen LogP contribution in [0, 0.1) is 12.8 Å². The van der Waals surface area contributed by atoms with Crippen molar-refractivity contribution in [2.45, 2.75) is 73.4 Å². The molecule has 0 fully saturated rings. The third-order valence-electron chi connectivity index (χ3n) is 3.84. The molecule has 1 heterocycles. The minimum Gasteiger partial charge on any atom is -0.345 e. The fourth-order valence-electron chi connectivity index (χ4n) is 2.23. The number of rotatable bonds is 10. The van der Waals surface area contributed by atoms with Gasteiger partial charge in [0.25, 0.3) is 0 Å². The van der Waals surface area contributed by atoms with Gasteiger partial charge in [0.15, 0.2) is 5.13 Å². The number of unbranched alkanes of at least 4 members (excludes halogenated alkanes) is 1. The Morgan fingerprint density at radius 2 is 1.95 bits per heavy atom. The van der Waals surface area contributed by atoms with E-state index in [1.54, 1.807) is 0 Å².